The van der Waals surface area contributed by atoms with Crippen molar-refractivity contribution in [3.63, 3.8) is 0 Å². The summed E-state index contributed by atoms with van der Waals surface area (Å²) < 4.78 is 7.87. The van der Waals surface area contributed by atoms with E-state index < -0.39 is 0 Å². The molecule has 0 radical (unpaired) electrons. The van der Waals surface area contributed by atoms with Crippen molar-refractivity contribution in [3.8, 4) is 5.75 Å². The van der Waals surface area contributed by atoms with Crippen LogP contribution in [0.3, 0.4) is 0 Å². The van der Waals surface area contributed by atoms with Gasteiger partial charge < -0.3 is 10.5 Å². The van der Waals surface area contributed by atoms with Gasteiger partial charge in [0, 0.05) is 6.54 Å². The molecule has 0 amide bonds. The summed E-state index contributed by atoms with van der Waals surface area (Å²) in [6.45, 7) is 0.587. The Labute approximate surface area is 152 Å². The van der Waals surface area contributed by atoms with Crippen molar-refractivity contribution in [1.29, 1.82) is 0 Å². The second-order valence-corrected chi connectivity index (χ2v) is 6.20. The molecule has 3 rings (SSSR count). The van der Waals surface area contributed by atoms with E-state index in [1.54, 1.807) is 7.11 Å². The first-order valence-corrected chi connectivity index (χ1v) is 8.70. The summed E-state index contributed by atoms with van der Waals surface area (Å²) >= 11 is 2.19. The van der Waals surface area contributed by atoms with Crippen molar-refractivity contribution in [2.24, 2.45) is 12.8 Å². The van der Waals surface area contributed by atoms with Gasteiger partial charge in [-0.1, -0.05) is 12.1 Å². The van der Waals surface area contributed by atoms with Crippen LogP contribution in [0.15, 0.2) is 54.6 Å². The van der Waals surface area contributed by atoms with E-state index >= 15 is 0 Å². The van der Waals surface area contributed by atoms with Crippen molar-refractivity contribution in [3.05, 3.63) is 75.4 Å². The Kier molecular flexibility index (Phi) is 7.16. The van der Waals surface area contributed by atoms with Crippen LogP contribution in [0.4, 0.5) is 0 Å². The van der Waals surface area contributed by atoms with Gasteiger partial charge >= 0.3 is 93.1 Å². The van der Waals surface area contributed by atoms with Gasteiger partial charge in [0.2, 0.25) is 0 Å². The summed E-state index contributed by atoms with van der Waals surface area (Å²) in [4.78, 5) is 4.40. The Morgan fingerprint density at radius 3 is 2.25 bits per heavy atom. The molecule has 1 aromatic heterocycles. The number of H-pyrrole nitrogens is 1. The Morgan fingerprint density at radius 2 is 1.75 bits per heavy atom. The molecule has 0 atom stereocenters. The number of nitrogens with zero attached hydrogens (tertiary/aromatic N) is 2. The normalized spacial score (nSPS) is 10.0. The third-order valence-corrected chi connectivity index (χ3v) is 4.40. The average molecular weight is 505 g/mol. The number of nitrogens with two attached hydrogens (primary N) is 1. The number of aromatic amines is 1. The van der Waals surface area contributed by atoms with Crippen LogP contribution in [-0.4, -0.2) is 21.9 Å². The molecule has 3 N–H and O–H groups in total. The minimum absolute atomic E-state index is 0.587. The van der Waals surface area contributed by atoms with Gasteiger partial charge in [0.25, 0.3) is 0 Å². The predicted molar refractivity (Wildman–Crippen MR) is 90.9 cm³/mol. The second kappa shape index (κ2) is 9.35. The van der Waals surface area contributed by atoms with E-state index in [1.165, 1.54) is 5.56 Å². The zero-order valence-corrected chi connectivity index (χ0v) is 16.1. The fraction of sp³-hybridized carbons (Fsp3) is 0.222. The van der Waals surface area contributed by atoms with E-state index in [9.17, 15) is 0 Å². The molecule has 6 heteroatoms. The first kappa shape index (κ1) is 18.4. The van der Waals surface area contributed by atoms with Gasteiger partial charge in [-0.15, -0.1) is 0 Å². The molecule has 0 spiro atoms. The number of rotatable bonds is 4. The summed E-state index contributed by atoms with van der Waals surface area (Å²) in [6, 6.07) is 18.1. The summed E-state index contributed by atoms with van der Waals surface area (Å²) in [5, 5.41) is 3.19. The number of hydrogen-bond donors (Lipinski definition) is 2. The Morgan fingerprint density at radius 1 is 1.08 bits per heavy atom. The number of benzene rings is 2. The first-order valence-electron chi connectivity index (χ1n) is 7.56. The molecule has 1 heterocycles. The molecule has 0 bridgehead atoms. The molecule has 24 heavy (non-hydrogen) atoms. The molecule has 0 fully saturated rings. The van der Waals surface area contributed by atoms with E-state index in [-0.39, 0.29) is 0 Å². The van der Waals surface area contributed by atoms with E-state index in [0.29, 0.717) is 6.54 Å². The van der Waals surface area contributed by atoms with E-state index in [0.717, 1.165) is 27.4 Å². The van der Waals surface area contributed by atoms with E-state index in [4.69, 9.17) is 10.5 Å². The molecule has 5 nitrogen and oxygen atoms in total. The van der Waals surface area contributed by atoms with Gasteiger partial charge in [-0.2, -0.15) is 0 Å². The Hall–Kier alpha value is -1.97. The van der Waals surface area contributed by atoms with Gasteiger partial charge in [0.1, 0.15) is 5.75 Å². The minimum atomic E-state index is 0.587. The van der Waals surface area contributed by atoms with Crippen molar-refractivity contribution >= 4 is 0 Å². The standard InChI is InChI=1S/C10H11N3.C8H11NO.Pt/c1-13-8-11-10(12-13)7-9-5-3-2-4-6-9;1-10-8-4-2-7(6-9)3-5-8;/h2-6H,7H2,1H3,(H,11,12);2-5H,6,9H2,1H3;. The fourth-order valence-corrected chi connectivity index (χ4v) is 2.50. The van der Waals surface area contributed by atoms with Crippen molar-refractivity contribution in [2.75, 3.05) is 7.11 Å². The van der Waals surface area contributed by atoms with Gasteiger partial charge in [-0.05, 0) is 17.7 Å². The monoisotopic (exact) mass is 505 g/mol. The Balaban J connectivity index is 0.000000185. The molecule has 0 aliphatic heterocycles. The topological polar surface area (TPSA) is 68.9 Å². The molecular weight excluding hydrogens is 483 g/mol. The van der Waals surface area contributed by atoms with Crippen LogP contribution in [0.2, 0.25) is 0 Å². The van der Waals surface area contributed by atoms with Crippen LogP contribution in [0, 0.1) is 3.80 Å². The van der Waals surface area contributed by atoms with Crippen LogP contribution in [0.5, 0.6) is 5.75 Å². The number of methoxy groups -OCH3 is 1. The quantitative estimate of drug-likeness (QED) is 0.573. The molecule has 0 aliphatic carbocycles. The van der Waals surface area contributed by atoms with Crippen LogP contribution in [0.25, 0.3) is 0 Å². The zero-order valence-electron chi connectivity index (χ0n) is 13.8. The van der Waals surface area contributed by atoms with Crippen molar-refractivity contribution in [1.82, 2.24) is 14.8 Å². The van der Waals surface area contributed by atoms with Gasteiger partial charge in [-0.25, -0.2) is 0 Å². The zero-order chi connectivity index (χ0) is 17.4. The Bertz CT molecular complexity index is 771. The third-order valence-electron chi connectivity index (χ3n) is 3.38. The van der Waals surface area contributed by atoms with Gasteiger partial charge in [0.05, 0.1) is 7.11 Å². The van der Waals surface area contributed by atoms with Gasteiger partial charge in [0.15, 0.2) is 0 Å². The summed E-state index contributed by atoms with van der Waals surface area (Å²) in [6.07, 6.45) is 0.859. The first-order chi connectivity index (χ1) is 11.6. The van der Waals surface area contributed by atoms with Crippen LogP contribution in [-0.2, 0) is 39.4 Å². The van der Waals surface area contributed by atoms with Crippen LogP contribution < -0.4 is 10.5 Å². The molecule has 3 aromatic rings. The molecule has 2 aromatic carbocycles. The molecule has 0 saturated heterocycles. The van der Waals surface area contributed by atoms with E-state index in [1.807, 2.05) is 54.2 Å². The SMILES string of the molecule is COc1ccc(CN)cc1.Cn1[nH]c(Cc2ccccc2)n[c]1=[Pt]. The number of hydrogen-bond acceptors (Lipinski definition) is 3. The molecule has 0 aliphatic rings. The van der Waals surface area contributed by atoms with E-state index in [2.05, 4.69) is 41.6 Å². The maximum atomic E-state index is 5.40. The van der Waals surface area contributed by atoms with Gasteiger partial charge in [-0.3, -0.25) is 0 Å². The molecule has 0 unspecified atom stereocenters. The van der Waals surface area contributed by atoms with Crippen LogP contribution >= 0.6 is 0 Å². The molecule has 130 valence electrons. The summed E-state index contributed by atoms with van der Waals surface area (Å²) in [5.41, 5.74) is 7.80. The average Bonchev–Trinajstić information content (AvgIpc) is 2.94. The molecular formula is C18H22N4OPt. The van der Waals surface area contributed by atoms with Crippen molar-refractivity contribution < 1.29 is 24.1 Å². The van der Waals surface area contributed by atoms with Crippen molar-refractivity contribution in [2.45, 2.75) is 13.0 Å². The number of aromatic nitrogens is 3. The van der Waals surface area contributed by atoms with Crippen LogP contribution in [0.1, 0.15) is 17.0 Å². The predicted octanol–water partition coefficient (Wildman–Crippen LogP) is 2.57. The number of aryl methyl sites for hydroxylation is 1. The summed E-state index contributed by atoms with van der Waals surface area (Å²) in [5.74, 6) is 1.88. The maximum absolute atomic E-state index is 5.40. The third kappa shape index (κ3) is 5.59. The fourth-order valence-electron chi connectivity index (χ4n) is 2.07. The summed E-state index contributed by atoms with van der Waals surface area (Å²) in [7, 11) is 3.61. The second-order valence-electron chi connectivity index (χ2n) is 5.19. The number of nitrogens with one attached hydrogen (secondary N) is 1. The number of ether oxygens (including phenoxy) is 1. The molecule has 0 saturated carbocycles.